The van der Waals surface area contributed by atoms with Crippen molar-refractivity contribution < 1.29 is 19.4 Å². The van der Waals surface area contributed by atoms with Crippen LogP contribution in [0.5, 0.6) is 0 Å². The van der Waals surface area contributed by atoms with Crippen molar-refractivity contribution in [2.24, 2.45) is 0 Å². The minimum atomic E-state index is -1.13. The van der Waals surface area contributed by atoms with E-state index in [0.717, 1.165) is 0 Å². The summed E-state index contributed by atoms with van der Waals surface area (Å²) in [5, 5.41) is 9.16. The Balaban J connectivity index is 3.40. The standard InChI is InChI=1S/C13H15NO4/c1-8(2)11-9(5-4-6-18-3)14-10(7-15)12(11)13(16)17/h7-8,14H,6H2,1-3H3,(H,16,17). The van der Waals surface area contributed by atoms with E-state index in [1.807, 2.05) is 13.8 Å². The van der Waals surface area contributed by atoms with Crippen LogP contribution in [0.4, 0.5) is 0 Å². The minimum absolute atomic E-state index is 0.00159. The highest BCUT2D eigenvalue weighted by atomic mass is 16.5. The zero-order valence-corrected chi connectivity index (χ0v) is 10.5. The highest BCUT2D eigenvalue weighted by Gasteiger charge is 2.23. The number of carbonyl (C=O) groups is 2. The lowest BCUT2D eigenvalue weighted by atomic mass is 9.97. The van der Waals surface area contributed by atoms with Gasteiger partial charge in [0.05, 0.1) is 17.0 Å². The number of nitrogens with one attached hydrogen (secondary N) is 1. The van der Waals surface area contributed by atoms with Gasteiger partial charge in [-0.15, -0.1) is 0 Å². The summed E-state index contributed by atoms with van der Waals surface area (Å²) >= 11 is 0. The summed E-state index contributed by atoms with van der Waals surface area (Å²) < 4.78 is 4.80. The molecular weight excluding hydrogens is 234 g/mol. The van der Waals surface area contributed by atoms with E-state index in [1.165, 1.54) is 7.11 Å². The zero-order chi connectivity index (χ0) is 13.7. The van der Waals surface area contributed by atoms with Crippen molar-refractivity contribution >= 4 is 12.3 Å². The zero-order valence-electron chi connectivity index (χ0n) is 10.5. The van der Waals surface area contributed by atoms with Crippen molar-refractivity contribution in [3.63, 3.8) is 0 Å². The molecule has 0 saturated carbocycles. The maximum atomic E-state index is 11.2. The van der Waals surface area contributed by atoms with Crippen molar-refractivity contribution in [3.05, 3.63) is 22.5 Å². The summed E-state index contributed by atoms with van der Waals surface area (Å²) in [6, 6.07) is 0. The summed E-state index contributed by atoms with van der Waals surface area (Å²) in [4.78, 5) is 24.8. The van der Waals surface area contributed by atoms with Crippen LogP contribution in [-0.2, 0) is 4.74 Å². The third-order valence-electron chi connectivity index (χ3n) is 2.41. The molecule has 5 heteroatoms. The molecular formula is C13H15NO4. The summed E-state index contributed by atoms with van der Waals surface area (Å²) in [5.74, 6) is 4.35. The molecule has 1 aromatic rings. The van der Waals surface area contributed by atoms with Gasteiger partial charge in [0, 0.05) is 12.7 Å². The first-order valence-electron chi connectivity index (χ1n) is 5.45. The first-order chi connectivity index (χ1) is 8.52. The number of ether oxygens (including phenoxy) is 1. The summed E-state index contributed by atoms with van der Waals surface area (Å²) in [6.45, 7) is 3.95. The number of rotatable bonds is 4. The number of hydrogen-bond acceptors (Lipinski definition) is 3. The quantitative estimate of drug-likeness (QED) is 0.628. The molecule has 96 valence electrons. The van der Waals surface area contributed by atoms with E-state index < -0.39 is 5.97 Å². The fourth-order valence-corrected chi connectivity index (χ4v) is 1.73. The van der Waals surface area contributed by atoms with Crippen LogP contribution in [-0.4, -0.2) is 36.1 Å². The van der Waals surface area contributed by atoms with Crippen LogP contribution < -0.4 is 0 Å². The van der Waals surface area contributed by atoms with Crippen LogP contribution in [0.15, 0.2) is 0 Å². The van der Waals surface area contributed by atoms with Crippen molar-refractivity contribution in [3.8, 4) is 11.8 Å². The Morgan fingerprint density at radius 3 is 2.67 bits per heavy atom. The highest BCUT2D eigenvalue weighted by molar-refractivity contribution is 5.98. The molecule has 0 saturated heterocycles. The molecule has 0 bridgehead atoms. The van der Waals surface area contributed by atoms with Gasteiger partial charge in [0.25, 0.3) is 0 Å². The molecule has 5 nitrogen and oxygen atoms in total. The van der Waals surface area contributed by atoms with Crippen LogP contribution in [0.3, 0.4) is 0 Å². The number of methoxy groups -OCH3 is 1. The van der Waals surface area contributed by atoms with Crippen molar-refractivity contribution in [2.45, 2.75) is 19.8 Å². The molecule has 0 fully saturated rings. The van der Waals surface area contributed by atoms with E-state index in [0.29, 0.717) is 17.5 Å². The van der Waals surface area contributed by atoms with Gasteiger partial charge in [0.15, 0.2) is 6.29 Å². The first kappa shape index (κ1) is 14.0. The third-order valence-corrected chi connectivity index (χ3v) is 2.41. The molecule has 0 radical (unpaired) electrons. The number of aromatic nitrogens is 1. The van der Waals surface area contributed by atoms with Crippen LogP contribution in [0.2, 0.25) is 0 Å². The van der Waals surface area contributed by atoms with Gasteiger partial charge >= 0.3 is 5.97 Å². The molecule has 0 aliphatic rings. The molecule has 0 aliphatic carbocycles. The van der Waals surface area contributed by atoms with Gasteiger partial charge in [0.2, 0.25) is 0 Å². The summed E-state index contributed by atoms with van der Waals surface area (Å²) in [7, 11) is 1.52. The molecule has 1 aromatic heterocycles. The molecule has 1 rings (SSSR count). The van der Waals surface area contributed by atoms with E-state index in [1.54, 1.807) is 0 Å². The molecule has 0 aromatic carbocycles. The normalized spacial score (nSPS) is 10.0. The Hall–Kier alpha value is -2.06. The lowest BCUT2D eigenvalue weighted by molar-refractivity contribution is 0.0692. The van der Waals surface area contributed by atoms with E-state index in [9.17, 15) is 9.59 Å². The smallest absolute Gasteiger partial charge is 0.338 e. The summed E-state index contributed by atoms with van der Waals surface area (Å²) in [5.41, 5.74) is 1.06. The Morgan fingerprint density at radius 2 is 2.22 bits per heavy atom. The topological polar surface area (TPSA) is 79.4 Å². The van der Waals surface area contributed by atoms with Crippen LogP contribution in [0.25, 0.3) is 0 Å². The van der Waals surface area contributed by atoms with Gasteiger partial charge in [-0.05, 0) is 11.8 Å². The molecule has 2 N–H and O–H groups in total. The molecule has 0 spiro atoms. The van der Waals surface area contributed by atoms with E-state index in [4.69, 9.17) is 9.84 Å². The largest absolute Gasteiger partial charge is 0.478 e. The van der Waals surface area contributed by atoms with Gasteiger partial charge in [-0.1, -0.05) is 19.8 Å². The van der Waals surface area contributed by atoms with E-state index in [2.05, 4.69) is 16.8 Å². The number of carbonyl (C=O) groups excluding carboxylic acids is 1. The second-order valence-corrected chi connectivity index (χ2v) is 4.01. The predicted octanol–water partition coefficient (Wildman–Crippen LogP) is 1.65. The molecule has 0 unspecified atom stereocenters. The fraction of sp³-hybridized carbons (Fsp3) is 0.385. The van der Waals surface area contributed by atoms with Gasteiger partial charge in [0.1, 0.15) is 6.61 Å². The third kappa shape index (κ3) is 2.79. The number of H-pyrrole nitrogens is 1. The molecule has 0 amide bonds. The Bertz CT molecular complexity index is 517. The van der Waals surface area contributed by atoms with E-state index in [-0.39, 0.29) is 23.8 Å². The lowest BCUT2D eigenvalue weighted by Gasteiger charge is -2.05. The van der Waals surface area contributed by atoms with Gasteiger partial charge in [-0.2, -0.15) is 0 Å². The Morgan fingerprint density at radius 1 is 1.56 bits per heavy atom. The van der Waals surface area contributed by atoms with Crippen molar-refractivity contribution in [1.29, 1.82) is 0 Å². The van der Waals surface area contributed by atoms with Gasteiger partial charge in [-0.25, -0.2) is 4.79 Å². The highest BCUT2D eigenvalue weighted by Crippen LogP contribution is 2.25. The van der Waals surface area contributed by atoms with E-state index >= 15 is 0 Å². The average Bonchev–Trinajstić information content (AvgIpc) is 2.68. The molecule has 18 heavy (non-hydrogen) atoms. The molecule has 0 atom stereocenters. The number of aldehydes is 1. The molecule has 0 aliphatic heterocycles. The van der Waals surface area contributed by atoms with Gasteiger partial charge < -0.3 is 14.8 Å². The molecule has 1 heterocycles. The first-order valence-corrected chi connectivity index (χ1v) is 5.45. The second-order valence-electron chi connectivity index (χ2n) is 4.01. The van der Waals surface area contributed by atoms with Crippen molar-refractivity contribution in [1.82, 2.24) is 4.98 Å². The summed E-state index contributed by atoms with van der Waals surface area (Å²) in [6.07, 6.45) is 0.497. The number of carboxylic acids is 1. The average molecular weight is 249 g/mol. The maximum Gasteiger partial charge on any atom is 0.338 e. The number of carboxylic acid groups (broad SMARTS) is 1. The van der Waals surface area contributed by atoms with Crippen molar-refractivity contribution in [2.75, 3.05) is 13.7 Å². The second kappa shape index (κ2) is 6.03. The number of aromatic amines is 1. The SMILES string of the molecule is COCC#Cc1[nH]c(C=O)c(C(=O)O)c1C(C)C. The maximum absolute atomic E-state index is 11.2. The Kier molecular flexibility index (Phi) is 4.69. The monoisotopic (exact) mass is 249 g/mol. The number of aromatic carboxylic acids is 1. The van der Waals surface area contributed by atoms with Crippen LogP contribution in [0.1, 0.15) is 51.9 Å². The number of hydrogen-bond donors (Lipinski definition) is 2. The fourth-order valence-electron chi connectivity index (χ4n) is 1.73. The predicted molar refractivity (Wildman–Crippen MR) is 66.0 cm³/mol. The van der Waals surface area contributed by atoms with Crippen LogP contribution in [0, 0.1) is 11.8 Å². The van der Waals surface area contributed by atoms with Crippen LogP contribution >= 0.6 is 0 Å². The van der Waals surface area contributed by atoms with Gasteiger partial charge in [-0.3, -0.25) is 4.79 Å². The lowest BCUT2D eigenvalue weighted by Crippen LogP contribution is -2.04. The minimum Gasteiger partial charge on any atom is -0.478 e. The Labute approximate surface area is 105 Å².